The molecule has 0 bridgehead atoms. The number of amides is 1. The Morgan fingerprint density at radius 2 is 1.80 bits per heavy atom. The molecular weight excluding hydrogens is 581 g/mol. The predicted octanol–water partition coefficient (Wildman–Crippen LogP) is 3.90. The predicted molar refractivity (Wildman–Crippen MR) is 148 cm³/mol. The highest BCUT2D eigenvalue weighted by atomic mass is 32.2. The zero-order valence-corrected chi connectivity index (χ0v) is 23.4. The molecule has 0 aliphatic heterocycles. The summed E-state index contributed by atoms with van der Waals surface area (Å²) in [5, 5.41) is 16.1. The molecule has 0 saturated carbocycles. The molecule has 0 saturated heterocycles. The number of thiazole rings is 1. The lowest BCUT2D eigenvalue weighted by Gasteiger charge is -2.21. The van der Waals surface area contributed by atoms with Gasteiger partial charge < -0.3 is 13.9 Å². The van der Waals surface area contributed by atoms with Crippen molar-refractivity contribution in [2.45, 2.75) is 4.90 Å². The third-order valence-electron chi connectivity index (χ3n) is 5.63. The van der Waals surface area contributed by atoms with Crippen LogP contribution in [0.5, 0.6) is 0 Å². The number of ether oxygens (including phenoxy) is 2. The molecule has 41 heavy (non-hydrogen) atoms. The van der Waals surface area contributed by atoms with Crippen LogP contribution in [0.25, 0.3) is 10.2 Å². The summed E-state index contributed by atoms with van der Waals surface area (Å²) in [7, 11) is -1.00. The van der Waals surface area contributed by atoms with Crippen molar-refractivity contribution in [2.24, 2.45) is 5.10 Å². The van der Waals surface area contributed by atoms with Crippen LogP contribution < -0.4 is 5.01 Å². The lowest BCUT2D eigenvalue weighted by atomic mass is 10.2. The molecule has 0 aliphatic carbocycles. The van der Waals surface area contributed by atoms with Gasteiger partial charge in [-0.25, -0.2) is 17.8 Å². The molecule has 2 heterocycles. The molecule has 4 aromatic rings. The fourth-order valence-corrected chi connectivity index (χ4v) is 5.92. The number of carbonyl (C=O) groups is 1. The Morgan fingerprint density at radius 3 is 2.41 bits per heavy atom. The summed E-state index contributed by atoms with van der Waals surface area (Å²) < 4.78 is 57.0. The molecule has 0 aliphatic rings. The summed E-state index contributed by atoms with van der Waals surface area (Å²) in [6, 6.07) is 11.6. The average molecular weight is 606 g/mol. The summed E-state index contributed by atoms with van der Waals surface area (Å²) in [5.41, 5.74) is 0.485. The zero-order chi connectivity index (χ0) is 29.6. The van der Waals surface area contributed by atoms with E-state index in [-0.39, 0.29) is 47.7 Å². The fraction of sp³-hybridized carbons (Fsp3) is 0.240. The Kier molecular flexibility index (Phi) is 9.51. The average Bonchev–Trinajstić information content (AvgIpc) is 3.60. The monoisotopic (exact) mass is 605 g/mol. The van der Waals surface area contributed by atoms with E-state index in [0.717, 1.165) is 28.6 Å². The second kappa shape index (κ2) is 13.0. The van der Waals surface area contributed by atoms with E-state index in [1.165, 1.54) is 67.1 Å². The minimum absolute atomic E-state index is 0.00435. The number of halogens is 1. The molecule has 0 N–H and O–H groups in total. The van der Waals surface area contributed by atoms with Crippen molar-refractivity contribution in [3.63, 3.8) is 0 Å². The van der Waals surface area contributed by atoms with Crippen LogP contribution in [-0.2, 0) is 19.5 Å². The maximum atomic E-state index is 13.8. The number of methoxy groups -OCH3 is 2. The SMILES string of the molecule is COCCN(CCOC)S(=O)(=O)c1ccc(C(=O)N(/N=C/c2ccc([N+](=O)[O-])o2)c2nc3ccc(F)cc3s2)cc1. The van der Waals surface area contributed by atoms with E-state index in [9.17, 15) is 27.7 Å². The Labute approximate surface area is 237 Å². The van der Waals surface area contributed by atoms with E-state index < -0.39 is 32.6 Å². The van der Waals surface area contributed by atoms with Gasteiger partial charge >= 0.3 is 5.88 Å². The van der Waals surface area contributed by atoms with Crippen LogP contribution in [0.2, 0.25) is 0 Å². The van der Waals surface area contributed by atoms with E-state index in [0.29, 0.717) is 10.2 Å². The van der Waals surface area contributed by atoms with Gasteiger partial charge in [-0.3, -0.25) is 14.9 Å². The number of hydrogen-bond donors (Lipinski definition) is 0. The van der Waals surface area contributed by atoms with Crippen molar-refractivity contribution in [2.75, 3.05) is 45.5 Å². The van der Waals surface area contributed by atoms with Crippen LogP contribution in [0.1, 0.15) is 16.1 Å². The number of carbonyl (C=O) groups excluding carboxylic acids is 1. The quantitative estimate of drug-likeness (QED) is 0.125. The van der Waals surface area contributed by atoms with Crippen LogP contribution in [0, 0.1) is 15.9 Å². The van der Waals surface area contributed by atoms with Crippen molar-refractivity contribution >= 4 is 54.7 Å². The highest BCUT2D eigenvalue weighted by molar-refractivity contribution is 7.89. The number of anilines is 1. The van der Waals surface area contributed by atoms with Crippen molar-refractivity contribution in [3.05, 3.63) is 81.9 Å². The summed E-state index contributed by atoms with van der Waals surface area (Å²) in [4.78, 5) is 28.1. The van der Waals surface area contributed by atoms with Gasteiger partial charge in [0.25, 0.3) is 5.91 Å². The molecule has 2 aromatic carbocycles. The van der Waals surface area contributed by atoms with Crippen molar-refractivity contribution in [1.29, 1.82) is 0 Å². The topological polar surface area (TPSA) is 158 Å². The standard InChI is InChI=1S/C25H24FN5O8S2/c1-37-13-11-29(12-14-38-2)41(35,36)20-7-3-17(4-8-20)24(32)30(27-16-19-6-10-23(39-19)31(33)34)25-28-21-9-5-18(26)15-22(21)40-25/h3-10,15-16H,11-14H2,1-2H3/b27-16+. The summed E-state index contributed by atoms with van der Waals surface area (Å²) in [5.74, 6) is -1.70. The highest BCUT2D eigenvalue weighted by Crippen LogP contribution is 2.31. The van der Waals surface area contributed by atoms with E-state index >= 15 is 0 Å². The third kappa shape index (κ3) is 6.98. The molecule has 13 nitrogen and oxygen atoms in total. The maximum absolute atomic E-state index is 13.8. The third-order valence-corrected chi connectivity index (χ3v) is 8.54. The van der Waals surface area contributed by atoms with Gasteiger partial charge in [0.05, 0.1) is 40.6 Å². The largest absolute Gasteiger partial charge is 0.433 e. The number of sulfonamides is 1. The molecule has 0 radical (unpaired) electrons. The van der Waals surface area contributed by atoms with Crippen LogP contribution in [-0.4, -0.2) is 75.3 Å². The molecule has 16 heteroatoms. The number of nitro groups is 1. The minimum Gasteiger partial charge on any atom is -0.400 e. The number of hydrazone groups is 1. The van der Waals surface area contributed by atoms with Crippen molar-refractivity contribution < 1.29 is 36.4 Å². The first-order valence-electron chi connectivity index (χ1n) is 11.9. The van der Waals surface area contributed by atoms with Gasteiger partial charge in [0.1, 0.15) is 10.7 Å². The van der Waals surface area contributed by atoms with Crippen LogP contribution >= 0.6 is 11.3 Å². The lowest BCUT2D eigenvalue weighted by molar-refractivity contribution is -0.402. The summed E-state index contributed by atoms with van der Waals surface area (Å²) >= 11 is 0.989. The minimum atomic E-state index is -3.93. The Hall–Kier alpha value is -4.09. The van der Waals surface area contributed by atoms with Gasteiger partial charge in [0.15, 0.2) is 5.76 Å². The van der Waals surface area contributed by atoms with E-state index in [4.69, 9.17) is 13.9 Å². The van der Waals surface area contributed by atoms with E-state index in [1.54, 1.807) is 0 Å². The molecule has 0 atom stereocenters. The Balaban J connectivity index is 1.66. The number of benzene rings is 2. The first-order valence-corrected chi connectivity index (χ1v) is 14.2. The van der Waals surface area contributed by atoms with E-state index in [2.05, 4.69) is 10.1 Å². The molecule has 1 amide bonds. The molecule has 4 rings (SSSR count). The van der Waals surface area contributed by atoms with Gasteiger partial charge in [-0.15, -0.1) is 0 Å². The van der Waals surface area contributed by atoms with Crippen LogP contribution in [0.3, 0.4) is 0 Å². The lowest BCUT2D eigenvalue weighted by Crippen LogP contribution is -2.36. The number of hydrogen-bond acceptors (Lipinski definition) is 11. The van der Waals surface area contributed by atoms with Crippen LogP contribution in [0.4, 0.5) is 15.4 Å². The normalized spacial score (nSPS) is 12.0. The number of rotatable bonds is 13. The Bertz CT molecular complexity index is 1660. The molecule has 2 aromatic heterocycles. The molecule has 0 spiro atoms. The van der Waals surface area contributed by atoms with Gasteiger partial charge in [0.2, 0.25) is 15.2 Å². The fourth-order valence-electron chi connectivity index (χ4n) is 3.57. The maximum Gasteiger partial charge on any atom is 0.433 e. The summed E-state index contributed by atoms with van der Waals surface area (Å²) in [6.45, 7) is 0.567. The first kappa shape index (κ1) is 29.9. The molecule has 0 unspecified atom stereocenters. The highest BCUT2D eigenvalue weighted by Gasteiger charge is 2.26. The number of nitrogens with zero attached hydrogens (tertiary/aromatic N) is 5. The second-order valence-corrected chi connectivity index (χ2v) is 11.3. The zero-order valence-electron chi connectivity index (χ0n) is 21.8. The smallest absolute Gasteiger partial charge is 0.400 e. The Morgan fingerprint density at radius 1 is 1.12 bits per heavy atom. The number of aromatic nitrogens is 1. The van der Waals surface area contributed by atoms with Crippen molar-refractivity contribution in [3.8, 4) is 0 Å². The van der Waals surface area contributed by atoms with E-state index in [1.807, 2.05) is 0 Å². The number of fused-ring (bicyclic) bond motifs is 1. The van der Waals surface area contributed by atoms with Crippen molar-refractivity contribution in [1.82, 2.24) is 9.29 Å². The molecule has 0 fully saturated rings. The van der Waals surface area contributed by atoms with Gasteiger partial charge in [-0.1, -0.05) is 11.3 Å². The summed E-state index contributed by atoms with van der Waals surface area (Å²) in [6.07, 6.45) is 1.10. The van der Waals surface area contributed by atoms with Gasteiger partial charge in [0, 0.05) is 32.9 Å². The molecular formula is C25H24FN5O8S2. The van der Waals surface area contributed by atoms with Gasteiger partial charge in [-0.05, 0) is 48.5 Å². The van der Waals surface area contributed by atoms with Gasteiger partial charge in [-0.2, -0.15) is 14.4 Å². The first-order chi connectivity index (χ1) is 19.6. The number of furan rings is 1. The second-order valence-electron chi connectivity index (χ2n) is 8.32. The molecule has 216 valence electrons. The van der Waals surface area contributed by atoms with Crippen LogP contribution in [0.15, 0.2) is 69.0 Å².